The van der Waals surface area contributed by atoms with E-state index >= 15 is 0 Å². The van der Waals surface area contributed by atoms with E-state index in [0.717, 1.165) is 0 Å². The van der Waals surface area contributed by atoms with Crippen LogP contribution in [0.3, 0.4) is 0 Å². The number of benzene rings is 2. The van der Waals surface area contributed by atoms with Gasteiger partial charge in [0.1, 0.15) is 18.2 Å². The molecule has 1 aliphatic heterocycles. The number of hydrogen-bond donors (Lipinski definition) is 0. The van der Waals surface area contributed by atoms with Gasteiger partial charge in [-0.2, -0.15) is 0 Å². The number of aryl methyl sites for hydroxylation is 1. The quantitative estimate of drug-likeness (QED) is 0.589. The number of amides is 1. The van der Waals surface area contributed by atoms with Crippen LogP contribution in [0, 0.1) is 12.7 Å². The van der Waals surface area contributed by atoms with Crippen LogP contribution in [0.2, 0.25) is 5.02 Å². The second-order valence-electron chi connectivity index (χ2n) is 6.74. The molecule has 2 heterocycles. The van der Waals surface area contributed by atoms with Crippen LogP contribution in [0.15, 0.2) is 48.5 Å². The van der Waals surface area contributed by atoms with Crippen molar-refractivity contribution >= 4 is 34.6 Å². The Labute approximate surface area is 178 Å². The van der Waals surface area contributed by atoms with Gasteiger partial charge in [-0.15, -0.1) is 0 Å². The molecule has 0 radical (unpaired) electrons. The van der Waals surface area contributed by atoms with Gasteiger partial charge >= 0.3 is 0 Å². The van der Waals surface area contributed by atoms with Crippen molar-refractivity contribution in [1.82, 2.24) is 4.98 Å². The predicted octanol–water partition coefficient (Wildman–Crippen LogP) is 4.96. The van der Waals surface area contributed by atoms with Gasteiger partial charge in [-0.05, 0) is 43.3 Å². The molecule has 1 aromatic heterocycles. The first-order chi connectivity index (χ1) is 14.4. The minimum absolute atomic E-state index is 0.185. The van der Waals surface area contributed by atoms with Crippen LogP contribution in [-0.2, 0) is 0 Å². The summed E-state index contributed by atoms with van der Waals surface area (Å²) < 4.78 is 24.4. The Bertz CT molecular complexity index is 1140. The first kappa shape index (κ1) is 20.0. The van der Waals surface area contributed by atoms with E-state index in [2.05, 4.69) is 4.98 Å². The first-order valence-corrected chi connectivity index (χ1v) is 9.55. The van der Waals surface area contributed by atoms with E-state index < -0.39 is 5.82 Å². The first-order valence-electron chi connectivity index (χ1n) is 9.17. The molecule has 0 N–H and O–H groups in total. The van der Waals surface area contributed by atoms with Crippen LogP contribution in [-0.4, -0.2) is 31.8 Å². The number of carbonyl (C=O) groups is 1. The van der Waals surface area contributed by atoms with Gasteiger partial charge in [0, 0.05) is 17.2 Å². The lowest BCUT2D eigenvalue weighted by Gasteiger charge is -2.39. The Kier molecular flexibility index (Phi) is 5.22. The molecule has 0 aliphatic carbocycles. The number of halogens is 2. The lowest BCUT2D eigenvalue weighted by Crippen LogP contribution is -2.45. The number of pyridine rings is 1. The molecule has 0 fully saturated rings. The number of aromatic nitrogens is 1. The van der Waals surface area contributed by atoms with Gasteiger partial charge < -0.3 is 14.4 Å². The number of methoxy groups -OCH3 is 2. The SMILES string of the molecule is COc1ccc(N2CN(c3ccc(F)cc3OC)c3ccc(Cl)cc3C2=O)c(C)n1. The molecule has 0 spiro atoms. The van der Waals surface area contributed by atoms with Gasteiger partial charge in [0.05, 0.1) is 42.5 Å². The third-order valence-corrected chi connectivity index (χ3v) is 5.21. The fourth-order valence-electron chi connectivity index (χ4n) is 3.54. The number of hydrogen-bond acceptors (Lipinski definition) is 5. The summed E-state index contributed by atoms with van der Waals surface area (Å²) in [5, 5.41) is 0.444. The zero-order valence-corrected chi connectivity index (χ0v) is 17.4. The van der Waals surface area contributed by atoms with Crippen LogP contribution in [0.1, 0.15) is 16.1 Å². The maximum atomic E-state index is 13.8. The van der Waals surface area contributed by atoms with E-state index in [1.807, 2.05) is 4.90 Å². The predicted molar refractivity (Wildman–Crippen MR) is 114 cm³/mol. The van der Waals surface area contributed by atoms with Gasteiger partial charge in [-0.1, -0.05) is 11.6 Å². The number of nitrogens with zero attached hydrogens (tertiary/aromatic N) is 3. The van der Waals surface area contributed by atoms with E-state index in [4.69, 9.17) is 21.1 Å². The summed E-state index contributed by atoms with van der Waals surface area (Å²) in [7, 11) is 3.01. The van der Waals surface area contributed by atoms with Crippen molar-refractivity contribution in [2.75, 3.05) is 30.7 Å². The number of ether oxygens (including phenoxy) is 2. The minimum atomic E-state index is -0.410. The van der Waals surface area contributed by atoms with Gasteiger partial charge in [0.25, 0.3) is 5.91 Å². The van der Waals surface area contributed by atoms with E-state index in [0.29, 0.717) is 45.0 Å². The molecule has 1 aliphatic rings. The summed E-state index contributed by atoms with van der Waals surface area (Å²) in [5.74, 6) is 0.197. The summed E-state index contributed by atoms with van der Waals surface area (Å²) in [6.45, 7) is 1.99. The lowest BCUT2D eigenvalue weighted by atomic mass is 10.1. The number of anilines is 3. The fraction of sp³-hybridized carbons (Fsp3) is 0.182. The Morgan fingerprint density at radius 2 is 1.70 bits per heavy atom. The summed E-state index contributed by atoms with van der Waals surface area (Å²) in [6, 6.07) is 12.9. The molecule has 0 saturated heterocycles. The molecule has 0 saturated carbocycles. The second-order valence-corrected chi connectivity index (χ2v) is 7.17. The van der Waals surface area contributed by atoms with E-state index in [-0.39, 0.29) is 12.6 Å². The van der Waals surface area contributed by atoms with Gasteiger partial charge in [0.2, 0.25) is 5.88 Å². The highest BCUT2D eigenvalue weighted by Crippen LogP contribution is 2.41. The average molecular weight is 428 g/mol. The zero-order chi connectivity index (χ0) is 21.4. The smallest absolute Gasteiger partial charge is 0.261 e. The molecule has 1 amide bonds. The van der Waals surface area contributed by atoms with E-state index in [1.165, 1.54) is 26.4 Å². The molecule has 30 heavy (non-hydrogen) atoms. The Morgan fingerprint density at radius 1 is 0.967 bits per heavy atom. The van der Waals surface area contributed by atoms with Crippen LogP contribution >= 0.6 is 11.6 Å². The average Bonchev–Trinajstić information content (AvgIpc) is 2.74. The van der Waals surface area contributed by atoms with Crippen molar-refractivity contribution in [2.24, 2.45) is 0 Å². The highest BCUT2D eigenvalue weighted by molar-refractivity contribution is 6.31. The van der Waals surface area contributed by atoms with Crippen molar-refractivity contribution in [3.8, 4) is 11.6 Å². The summed E-state index contributed by atoms with van der Waals surface area (Å²) in [5.41, 5.74) is 2.98. The van der Waals surface area contributed by atoms with Gasteiger partial charge in [-0.25, -0.2) is 9.37 Å². The summed E-state index contributed by atoms with van der Waals surface area (Å²) in [4.78, 5) is 21.2. The highest BCUT2D eigenvalue weighted by Gasteiger charge is 2.33. The Balaban J connectivity index is 1.88. The van der Waals surface area contributed by atoms with Gasteiger partial charge in [0.15, 0.2) is 0 Å². The molecule has 6 nitrogen and oxygen atoms in total. The van der Waals surface area contributed by atoms with Crippen LogP contribution in [0.4, 0.5) is 21.5 Å². The number of fused-ring (bicyclic) bond motifs is 1. The summed E-state index contributed by atoms with van der Waals surface area (Å²) in [6.07, 6.45) is 0. The number of carbonyl (C=O) groups excluding carboxylic acids is 1. The Hall–Kier alpha value is -3.32. The van der Waals surface area contributed by atoms with Crippen molar-refractivity contribution in [3.05, 3.63) is 70.6 Å². The van der Waals surface area contributed by atoms with E-state index in [9.17, 15) is 9.18 Å². The lowest BCUT2D eigenvalue weighted by molar-refractivity contribution is 0.0983. The van der Waals surface area contributed by atoms with Crippen molar-refractivity contribution in [3.63, 3.8) is 0 Å². The third kappa shape index (κ3) is 3.41. The normalized spacial score (nSPS) is 13.3. The topological polar surface area (TPSA) is 54.9 Å². The van der Waals surface area contributed by atoms with Crippen molar-refractivity contribution in [2.45, 2.75) is 6.92 Å². The second kappa shape index (κ2) is 7.84. The van der Waals surface area contributed by atoms with Crippen molar-refractivity contribution in [1.29, 1.82) is 0 Å². The van der Waals surface area contributed by atoms with Crippen molar-refractivity contribution < 1.29 is 18.7 Å². The molecule has 0 unspecified atom stereocenters. The molecule has 4 rings (SSSR count). The molecule has 154 valence electrons. The monoisotopic (exact) mass is 427 g/mol. The molecule has 2 aromatic carbocycles. The molecular weight excluding hydrogens is 409 g/mol. The van der Waals surface area contributed by atoms with Crippen LogP contribution < -0.4 is 19.3 Å². The number of rotatable bonds is 4. The van der Waals surface area contributed by atoms with Crippen LogP contribution in [0.5, 0.6) is 11.6 Å². The third-order valence-electron chi connectivity index (χ3n) is 4.97. The maximum Gasteiger partial charge on any atom is 0.261 e. The van der Waals surface area contributed by atoms with Gasteiger partial charge in [-0.3, -0.25) is 9.69 Å². The maximum absolute atomic E-state index is 13.8. The molecule has 0 atom stereocenters. The van der Waals surface area contributed by atoms with E-state index in [1.54, 1.807) is 48.2 Å². The zero-order valence-electron chi connectivity index (χ0n) is 16.6. The minimum Gasteiger partial charge on any atom is -0.494 e. The highest BCUT2D eigenvalue weighted by atomic mass is 35.5. The fourth-order valence-corrected chi connectivity index (χ4v) is 3.71. The van der Waals surface area contributed by atoms with Crippen LogP contribution in [0.25, 0.3) is 0 Å². The molecular formula is C22H19ClFN3O3. The molecule has 8 heteroatoms. The Morgan fingerprint density at radius 3 is 2.40 bits per heavy atom. The standard InChI is InChI=1S/C22H19ClFN3O3/c1-13-17(8-9-21(25-13)30-3)27-12-26(19-7-5-15(24)11-20(19)29-2)18-6-4-14(23)10-16(18)22(27)28/h4-11H,12H2,1-3H3. The largest absolute Gasteiger partial charge is 0.494 e. The molecule has 3 aromatic rings. The summed E-state index contributed by atoms with van der Waals surface area (Å²) >= 11 is 6.19. The molecule has 0 bridgehead atoms.